The van der Waals surface area contributed by atoms with E-state index in [1.165, 1.54) is 34.2 Å². The Morgan fingerprint density at radius 3 is 2.40 bits per heavy atom. The van der Waals surface area contributed by atoms with Gasteiger partial charge in [-0.1, -0.05) is 90.1 Å². The molecule has 6 nitrogen and oxygen atoms in total. The standard InChI is InChI=1S/C27H23N5OS2/c1-19-12-14-20(15-13-19)16-23-17-28-26(35-23)29-24(33)18-34-27-31-30-25(21-8-4-2-5-9-21)32(27)22-10-6-3-7-11-22/h2-15,17H,16,18H2,1H3,(H,28,29,33). The summed E-state index contributed by atoms with van der Waals surface area (Å²) < 4.78 is 1.98. The van der Waals surface area contributed by atoms with E-state index in [-0.39, 0.29) is 11.7 Å². The molecule has 8 heteroatoms. The fourth-order valence-electron chi connectivity index (χ4n) is 3.59. The van der Waals surface area contributed by atoms with Crippen LogP contribution in [0.25, 0.3) is 17.1 Å². The van der Waals surface area contributed by atoms with E-state index >= 15 is 0 Å². The van der Waals surface area contributed by atoms with Crippen LogP contribution < -0.4 is 5.32 Å². The average molecular weight is 498 g/mol. The van der Waals surface area contributed by atoms with E-state index in [1.54, 1.807) is 0 Å². The van der Waals surface area contributed by atoms with Gasteiger partial charge >= 0.3 is 0 Å². The van der Waals surface area contributed by atoms with Gasteiger partial charge in [-0.3, -0.25) is 9.36 Å². The maximum absolute atomic E-state index is 12.7. The van der Waals surface area contributed by atoms with Crippen molar-refractivity contribution >= 4 is 34.1 Å². The summed E-state index contributed by atoms with van der Waals surface area (Å²) in [6, 6.07) is 28.3. The highest BCUT2D eigenvalue weighted by Crippen LogP contribution is 2.28. The summed E-state index contributed by atoms with van der Waals surface area (Å²) in [6.45, 7) is 2.08. The minimum absolute atomic E-state index is 0.130. The van der Waals surface area contributed by atoms with Crippen LogP contribution in [0.5, 0.6) is 0 Å². The van der Waals surface area contributed by atoms with Crippen molar-refractivity contribution in [1.82, 2.24) is 19.7 Å². The molecule has 1 amide bonds. The van der Waals surface area contributed by atoms with E-state index in [2.05, 4.69) is 51.7 Å². The van der Waals surface area contributed by atoms with E-state index in [1.807, 2.05) is 71.4 Å². The van der Waals surface area contributed by atoms with E-state index in [4.69, 9.17) is 0 Å². The van der Waals surface area contributed by atoms with Gasteiger partial charge in [-0.2, -0.15) is 0 Å². The van der Waals surface area contributed by atoms with Crippen LogP contribution in [-0.2, 0) is 11.2 Å². The topological polar surface area (TPSA) is 72.7 Å². The quantitative estimate of drug-likeness (QED) is 0.265. The number of hydrogen-bond donors (Lipinski definition) is 1. The zero-order valence-corrected chi connectivity index (χ0v) is 20.7. The number of aryl methyl sites for hydroxylation is 1. The van der Waals surface area contributed by atoms with Crippen molar-refractivity contribution in [3.63, 3.8) is 0 Å². The zero-order valence-electron chi connectivity index (χ0n) is 19.1. The fourth-order valence-corrected chi connectivity index (χ4v) is 5.20. The number of nitrogens with zero attached hydrogens (tertiary/aromatic N) is 4. The Labute approximate surface area is 212 Å². The van der Waals surface area contributed by atoms with Gasteiger partial charge in [0.15, 0.2) is 16.1 Å². The lowest BCUT2D eigenvalue weighted by molar-refractivity contribution is -0.113. The number of rotatable bonds is 8. The lowest BCUT2D eigenvalue weighted by Crippen LogP contribution is -2.14. The Morgan fingerprint density at radius 1 is 0.943 bits per heavy atom. The predicted octanol–water partition coefficient (Wildman–Crippen LogP) is 6.02. The number of thioether (sulfide) groups is 1. The van der Waals surface area contributed by atoms with Gasteiger partial charge in [0.2, 0.25) is 5.91 Å². The summed E-state index contributed by atoms with van der Waals surface area (Å²) in [4.78, 5) is 18.2. The fraction of sp³-hybridized carbons (Fsp3) is 0.111. The van der Waals surface area contributed by atoms with E-state index < -0.39 is 0 Å². The molecule has 2 aromatic heterocycles. The summed E-state index contributed by atoms with van der Waals surface area (Å²) in [5.41, 5.74) is 4.37. The van der Waals surface area contributed by atoms with Gasteiger partial charge < -0.3 is 5.32 Å². The number of para-hydroxylation sites is 1. The number of thiazole rings is 1. The molecule has 1 N–H and O–H groups in total. The van der Waals surface area contributed by atoms with Crippen molar-refractivity contribution in [2.45, 2.75) is 18.5 Å². The molecule has 2 heterocycles. The molecule has 0 bridgehead atoms. The van der Waals surface area contributed by atoms with Gasteiger partial charge in [0.25, 0.3) is 0 Å². The number of benzene rings is 3. The molecule has 0 atom stereocenters. The summed E-state index contributed by atoms with van der Waals surface area (Å²) in [7, 11) is 0. The van der Waals surface area contributed by atoms with Crippen LogP contribution in [-0.4, -0.2) is 31.4 Å². The number of carbonyl (C=O) groups is 1. The lowest BCUT2D eigenvalue weighted by atomic mass is 10.1. The molecule has 3 aromatic carbocycles. The van der Waals surface area contributed by atoms with Gasteiger partial charge in [-0.25, -0.2) is 4.98 Å². The van der Waals surface area contributed by atoms with E-state index in [0.717, 1.165) is 28.4 Å². The maximum Gasteiger partial charge on any atom is 0.236 e. The highest BCUT2D eigenvalue weighted by Gasteiger charge is 2.17. The molecule has 35 heavy (non-hydrogen) atoms. The highest BCUT2D eigenvalue weighted by atomic mass is 32.2. The van der Waals surface area contributed by atoms with Crippen molar-refractivity contribution in [3.05, 3.63) is 107 Å². The molecule has 0 aliphatic heterocycles. The molecule has 0 saturated carbocycles. The Hall–Kier alpha value is -3.75. The predicted molar refractivity (Wildman–Crippen MR) is 142 cm³/mol. The van der Waals surface area contributed by atoms with Crippen molar-refractivity contribution in [2.75, 3.05) is 11.1 Å². The Morgan fingerprint density at radius 2 is 1.66 bits per heavy atom. The van der Waals surface area contributed by atoms with Crippen LogP contribution in [0.1, 0.15) is 16.0 Å². The smallest absolute Gasteiger partial charge is 0.236 e. The second-order valence-electron chi connectivity index (χ2n) is 7.97. The molecule has 5 aromatic rings. The Bertz CT molecular complexity index is 1410. The van der Waals surface area contributed by atoms with Crippen LogP contribution >= 0.6 is 23.1 Å². The lowest BCUT2D eigenvalue weighted by Gasteiger charge is -2.10. The van der Waals surface area contributed by atoms with E-state index in [9.17, 15) is 4.79 Å². The van der Waals surface area contributed by atoms with Crippen molar-refractivity contribution < 1.29 is 4.79 Å². The Kier molecular flexibility index (Phi) is 7.02. The number of amides is 1. The summed E-state index contributed by atoms with van der Waals surface area (Å²) >= 11 is 2.85. The molecule has 0 aliphatic rings. The first-order valence-corrected chi connectivity index (χ1v) is 12.9. The van der Waals surface area contributed by atoms with Gasteiger partial charge in [0, 0.05) is 28.7 Å². The molecular formula is C27H23N5OS2. The Balaban J connectivity index is 1.27. The molecule has 0 aliphatic carbocycles. The van der Waals surface area contributed by atoms with Gasteiger partial charge in [0.1, 0.15) is 0 Å². The minimum atomic E-state index is -0.130. The number of hydrogen-bond acceptors (Lipinski definition) is 6. The van der Waals surface area contributed by atoms with Gasteiger partial charge in [-0.05, 0) is 24.6 Å². The number of anilines is 1. The number of aromatic nitrogens is 4. The van der Waals surface area contributed by atoms with Crippen molar-refractivity contribution in [1.29, 1.82) is 0 Å². The highest BCUT2D eigenvalue weighted by molar-refractivity contribution is 7.99. The van der Waals surface area contributed by atoms with Crippen LogP contribution in [0.2, 0.25) is 0 Å². The number of carbonyl (C=O) groups excluding carboxylic acids is 1. The third kappa shape index (κ3) is 5.67. The number of nitrogens with one attached hydrogen (secondary N) is 1. The zero-order chi connectivity index (χ0) is 24.0. The van der Waals surface area contributed by atoms with Gasteiger partial charge in [-0.15, -0.1) is 21.5 Å². The summed E-state index contributed by atoms with van der Waals surface area (Å²) in [5, 5.41) is 13.0. The first-order valence-electron chi connectivity index (χ1n) is 11.1. The van der Waals surface area contributed by atoms with Crippen LogP contribution in [0.15, 0.2) is 96.3 Å². The van der Waals surface area contributed by atoms with Crippen LogP contribution in [0.4, 0.5) is 5.13 Å². The van der Waals surface area contributed by atoms with Crippen LogP contribution in [0.3, 0.4) is 0 Å². The van der Waals surface area contributed by atoms with Gasteiger partial charge in [0.05, 0.1) is 5.75 Å². The first-order chi connectivity index (χ1) is 17.2. The minimum Gasteiger partial charge on any atom is -0.301 e. The molecule has 0 radical (unpaired) electrons. The monoisotopic (exact) mass is 497 g/mol. The third-order valence-electron chi connectivity index (χ3n) is 5.31. The maximum atomic E-state index is 12.7. The summed E-state index contributed by atoms with van der Waals surface area (Å²) in [6.07, 6.45) is 2.62. The van der Waals surface area contributed by atoms with Crippen LogP contribution in [0, 0.1) is 6.92 Å². The second-order valence-corrected chi connectivity index (χ2v) is 10.0. The molecule has 0 spiro atoms. The third-order valence-corrected chi connectivity index (χ3v) is 7.15. The molecule has 0 fully saturated rings. The SMILES string of the molecule is Cc1ccc(Cc2cnc(NC(=O)CSc3nnc(-c4ccccc4)n3-c3ccccc3)s2)cc1. The molecule has 0 saturated heterocycles. The van der Waals surface area contributed by atoms with Crippen molar-refractivity contribution in [2.24, 2.45) is 0 Å². The van der Waals surface area contributed by atoms with E-state index in [0.29, 0.717) is 10.3 Å². The van der Waals surface area contributed by atoms with Crippen molar-refractivity contribution in [3.8, 4) is 17.1 Å². The normalized spacial score (nSPS) is 10.9. The molecule has 0 unspecified atom stereocenters. The summed E-state index contributed by atoms with van der Waals surface area (Å²) in [5.74, 6) is 0.808. The first kappa shape index (κ1) is 23.0. The average Bonchev–Trinajstić information content (AvgIpc) is 3.52. The molecule has 5 rings (SSSR count). The second kappa shape index (κ2) is 10.7. The molecule has 174 valence electrons. The largest absolute Gasteiger partial charge is 0.301 e. The molecular weight excluding hydrogens is 474 g/mol.